The van der Waals surface area contributed by atoms with Gasteiger partial charge in [-0.3, -0.25) is 0 Å². The van der Waals surface area contributed by atoms with E-state index in [9.17, 15) is 9.18 Å². The second-order valence-corrected chi connectivity index (χ2v) is 5.38. The van der Waals surface area contributed by atoms with Crippen molar-refractivity contribution in [1.29, 1.82) is 0 Å². The molecule has 0 aliphatic carbocycles. The molecule has 2 rings (SSSR count). The third-order valence-corrected chi connectivity index (χ3v) is 3.63. The number of carboxylic acid groups (broad SMARTS) is 1. The summed E-state index contributed by atoms with van der Waals surface area (Å²) < 4.78 is 18.7. The lowest BCUT2D eigenvalue weighted by molar-refractivity contribution is 0.0696. The molecule has 0 aliphatic rings. The van der Waals surface area contributed by atoms with E-state index in [1.165, 1.54) is 36.0 Å². The Kier molecular flexibility index (Phi) is 5.05. The van der Waals surface area contributed by atoms with Crippen LogP contribution in [0.1, 0.15) is 10.4 Å². The van der Waals surface area contributed by atoms with Gasteiger partial charge in [-0.1, -0.05) is 6.07 Å². The summed E-state index contributed by atoms with van der Waals surface area (Å²) in [6.07, 6.45) is 0. The summed E-state index contributed by atoms with van der Waals surface area (Å²) in [4.78, 5) is 11.6. The maximum absolute atomic E-state index is 13.2. The molecule has 2 aromatic rings. The predicted molar refractivity (Wildman–Crippen MR) is 80.4 cm³/mol. The summed E-state index contributed by atoms with van der Waals surface area (Å²) in [5.74, 6) is -0.318. The lowest BCUT2D eigenvalue weighted by Crippen LogP contribution is -2.02. The van der Waals surface area contributed by atoms with Gasteiger partial charge in [0.25, 0.3) is 0 Å². The smallest absolute Gasteiger partial charge is 0.335 e. The number of thioether (sulfide) groups is 1. The topological polar surface area (TPSA) is 72.5 Å². The Morgan fingerprint density at radius 3 is 2.81 bits per heavy atom. The van der Waals surface area contributed by atoms with Crippen LogP contribution in [0.5, 0.6) is 5.75 Å². The summed E-state index contributed by atoms with van der Waals surface area (Å²) in [7, 11) is 0. The normalized spacial score (nSPS) is 10.3. The van der Waals surface area contributed by atoms with Crippen molar-refractivity contribution < 1.29 is 19.0 Å². The van der Waals surface area contributed by atoms with Crippen LogP contribution in [0, 0.1) is 5.82 Å². The lowest BCUT2D eigenvalue weighted by atomic mass is 10.2. The van der Waals surface area contributed by atoms with Gasteiger partial charge < -0.3 is 15.6 Å². The summed E-state index contributed by atoms with van der Waals surface area (Å²) in [5.41, 5.74) is 5.71. The van der Waals surface area contributed by atoms with Gasteiger partial charge in [0.1, 0.15) is 11.6 Å². The van der Waals surface area contributed by atoms with Crippen LogP contribution >= 0.6 is 11.8 Å². The SMILES string of the molecule is Nc1ccc(SCCOc2cccc(C(=O)O)c2)cc1F. The van der Waals surface area contributed by atoms with Crippen molar-refractivity contribution in [3.8, 4) is 5.75 Å². The van der Waals surface area contributed by atoms with Crippen LogP contribution in [0.15, 0.2) is 47.4 Å². The standard InChI is InChI=1S/C15H14FNO3S/c16-13-9-12(4-5-14(13)17)21-7-6-20-11-3-1-2-10(8-11)15(18)19/h1-5,8-9H,6-7,17H2,(H,18,19). The van der Waals surface area contributed by atoms with E-state index in [1.807, 2.05) is 0 Å². The van der Waals surface area contributed by atoms with Gasteiger partial charge in [0, 0.05) is 10.6 Å². The highest BCUT2D eigenvalue weighted by Crippen LogP contribution is 2.22. The van der Waals surface area contributed by atoms with Crippen LogP contribution < -0.4 is 10.5 Å². The zero-order chi connectivity index (χ0) is 15.2. The molecule has 110 valence electrons. The van der Waals surface area contributed by atoms with Crippen molar-refractivity contribution in [1.82, 2.24) is 0 Å². The molecule has 21 heavy (non-hydrogen) atoms. The highest BCUT2D eigenvalue weighted by molar-refractivity contribution is 7.99. The van der Waals surface area contributed by atoms with E-state index < -0.39 is 11.8 Å². The molecule has 0 bridgehead atoms. The van der Waals surface area contributed by atoms with Crippen LogP contribution in [0.4, 0.5) is 10.1 Å². The highest BCUT2D eigenvalue weighted by atomic mass is 32.2. The van der Waals surface area contributed by atoms with E-state index in [0.717, 1.165) is 4.90 Å². The fraction of sp³-hybridized carbons (Fsp3) is 0.133. The van der Waals surface area contributed by atoms with E-state index in [4.69, 9.17) is 15.6 Å². The van der Waals surface area contributed by atoms with Crippen molar-refractivity contribution >= 4 is 23.4 Å². The van der Waals surface area contributed by atoms with Gasteiger partial charge in [0.05, 0.1) is 17.9 Å². The number of carboxylic acids is 1. The van der Waals surface area contributed by atoms with Gasteiger partial charge in [0.15, 0.2) is 0 Å². The van der Waals surface area contributed by atoms with Crippen molar-refractivity contribution in [2.45, 2.75) is 4.90 Å². The van der Waals surface area contributed by atoms with Crippen LogP contribution in [0.2, 0.25) is 0 Å². The number of carbonyl (C=O) groups is 1. The molecule has 0 saturated heterocycles. The van der Waals surface area contributed by atoms with Crippen LogP contribution in [-0.4, -0.2) is 23.4 Å². The molecule has 0 saturated carbocycles. The number of hydrogen-bond acceptors (Lipinski definition) is 4. The maximum Gasteiger partial charge on any atom is 0.335 e. The van der Waals surface area contributed by atoms with Gasteiger partial charge >= 0.3 is 5.97 Å². The van der Waals surface area contributed by atoms with E-state index in [-0.39, 0.29) is 11.3 Å². The molecule has 0 amide bonds. The number of hydrogen-bond donors (Lipinski definition) is 2. The Hall–Kier alpha value is -2.21. The van der Waals surface area contributed by atoms with Crippen molar-refractivity contribution in [3.05, 3.63) is 53.8 Å². The van der Waals surface area contributed by atoms with Crippen LogP contribution in [0.3, 0.4) is 0 Å². The first kappa shape index (κ1) is 15.2. The molecule has 0 aliphatic heterocycles. The zero-order valence-corrected chi connectivity index (χ0v) is 11.9. The van der Waals surface area contributed by atoms with Crippen LogP contribution in [-0.2, 0) is 0 Å². The van der Waals surface area contributed by atoms with Crippen LogP contribution in [0.25, 0.3) is 0 Å². The van der Waals surface area contributed by atoms with E-state index in [1.54, 1.807) is 18.2 Å². The monoisotopic (exact) mass is 307 g/mol. The molecule has 0 unspecified atom stereocenters. The number of halogens is 1. The van der Waals surface area contributed by atoms with Gasteiger partial charge in [-0.15, -0.1) is 11.8 Å². The largest absolute Gasteiger partial charge is 0.493 e. The van der Waals surface area contributed by atoms with Crippen molar-refractivity contribution in [2.75, 3.05) is 18.1 Å². The fourth-order valence-corrected chi connectivity index (χ4v) is 2.39. The van der Waals surface area contributed by atoms with Crippen molar-refractivity contribution in [2.24, 2.45) is 0 Å². The molecule has 0 heterocycles. The van der Waals surface area contributed by atoms with Gasteiger partial charge in [-0.05, 0) is 36.4 Å². The Bertz CT molecular complexity index is 649. The second-order valence-electron chi connectivity index (χ2n) is 4.21. The number of ether oxygens (including phenoxy) is 1. The molecule has 0 spiro atoms. The number of nitrogens with two attached hydrogens (primary N) is 1. The summed E-state index contributed by atoms with van der Waals surface area (Å²) in [6, 6.07) is 10.9. The number of nitrogen functional groups attached to an aromatic ring is 1. The minimum atomic E-state index is -0.993. The second kappa shape index (κ2) is 6.99. The summed E-state index contributed by atoms with van der Waals surface area (Å²) >= 11 is 1.44. The minimum Gasteiger partial charge on any atom is -0.493 e. The first-order chi connectivity index (χ1) is 10.1. The third kappa shape index (κ3) is 4.39. The van der Waals surface area contributed by atoms with E-state index in [2.05, 4.69) is 0 Å². The molecular weight excluding hydrogens is 293 g/mol. The summed E-state index contributed by atoms with van der Waals surface area (Å²) in [5, 5.41) is 8.87. The number of benzene rings is 2. The van der Waals surface area contributed by atoms with Crippen molar-refractivity contribution in [3.63, 3.8) is 0 Å². The molecule has 0 aromatic heterocycles. The number of rotatable bonds is 6. The lowest BCUT2D eigenvalue weighted by Gasteiger charge is -2.07. The Labute approximate surface area is 125 Å². The molecular formula is C15H14FNO3S. The molecule has 2 aromatic carbocycles. The zero-order valence-electron chi connectivity index (χ0n) is 11.1. The van der Waals surface area contributed by atoms with Gasteiger partial charge in [-0.2, -0.15) is 0 Å². The Balaban J connectivity index is 1.83. The molecule has 0 radical (unpaired) electrons. The average Bonchev–Trinajstić information content (AvgIpc) is 2.47. The Morgan fingerprint density at radius 1 is 1.29 bits per heavy atom. The quantitative estimate of drug-likeness (QED) is 0.487. The van der Waals surface area contributed by atoms with E-state index >= 15 is 0 Å². The Morgan fingerprint density at radius 2 is 2.10 bits per heavy atom. The molecule has 3 N–H and O–H groups in total. The van der Waals surface area contributed by atoms with Gasteiger partial charge in [-0.25, -0.2) is 9.18 Å². The van der Waals surface area contributed by atoms with E-state index in [0.29, 0.717) is 18.1 Å². The number of anilines is 1. The highest BCUT2D eigenvalue weighted by Gasteiger charge is 2.04. The summed E-state index contributed by atoms with van der Waals surface area (Å²) in [6.45, 7) is 0.389. The molecule has 0 fully saturated rings. The fourth-order valence-electron chi connectivity index (χ4n) is 1.64. The number of aromatic carboxylic acids is 1. The molecule has 6 heteroatoms. The first-order valence-corrected chi connectivity index (χ1v) is 7.19. The first-order valence-electron chi connectivity index (χ1n) is 6.20. The average molecular weight is 307 g/mol. The predicted octanol–water partition coefficient (Wildman–Crippen LogP) is 3.28. The maximum atomic E-state index is 13.2. The molecule has 0 atom stereocenters. The minimum absolute atomic E-state index is 0.126. The van der Waals surface area contributed by atoms with Gasteiger partial charge in [0.2, 0.25) is 0 Å². The molecule has 4 nitrogen and oxygen atoms in total. The third-order valence-electron chi connectivity index (χ3n) is 2.67.